The second-order valence-electron chi connectivity index (χ2n) is 2.47. The summed E-state index contributed by atoms with van der Waals surface area (Å²) in [6.45, 7) is 2.89. The predicted molar refractivity (Wildman–Crippen MR) is 63.9 cm³/mol. The largest absolute Gasteiger partial charge is 0.463 e. The van der Waals surface area contributed by atoms with Crippen molar-refractivity contribution in [3.05, 3.63) is 11.1 Å². The van der Waals surface area contributed by atoms with E-state index >= 15 is 0 Å². The molecule has 0 amide bonds. The molecule has 5 heteroatoms. The first-order chi connectivity index (χ1) is 6.79. The van der Waals surface area contributed by atoms with Crippen molar-refractivity contribution in [3.8, 4) is 11.2 Å². The maximum atomic E-state index is 11.4. The Bertz CT molecular complexity index is 314. The Morgan fingerprint density at radius 3 is 3.14 bits per heavy atom. The van der Waals surface area contributed by atoms with Gasteiger partial charge >= 0.3 is 5.97 Å². The smallest absolute Gasteiger partial charge is 0.337 e. The molecule has 0 radical (unpaired) electrons. The molecule has 0 saturated heterocycles. The molecule has 0 bridgehead atoms. The number of rotatable bonds is 2. The van der Waals surface area contributed by atoms with Crippen molar-refractivity contribution in [1.29, 1.82) is 0 Å². The van der Waals surface area contributed by atoms with Gasteiger partial charge in [-0.15, -0.1) is 0 Å². The number of ether oxygens (including phenoxy) is 2. The molecule has 0 aromatic rings. The van der Waals surface area contributed by atoms with Crippen LogP contribution in [0.4, 0.5) is 0 Å². The number of hydrogen-bond donors (Lipinski definition) is 0. The summed E-state index contributed by atoms with van der Waals surface area (Å²) in [4.78, 5) is 11.4. The van der Waals surface area contributed by atoms with E-state index in [2.05, 4.69) is 32.4 Å². The van der Waals surface area contributed by atoms with Crippen LogP contribution >= 0.6 is 30.1 Å². The van der Waals surface area contributed by atoms with E-state index < -0.39 is 0 Å². The molecule has 0 aliphatic carbocycles. The van der Waals surface area contributed by atoms with Gasteiger partial charge < -0.3 is 9.47 Å². The van der Waals surface area contributed by atoms with E-state index in [1.54, 1.807) is 6.92 Å². The first kappa shape index (κ1) is 11.9. The zero-order valence-electron chi connectivity index (χ0n) is 7.63. The van der Waals surface area contributed by atoms with E-state index in [1.165, 1.54) is 8.93 Å². The topological polar surface area (TPSA) is 35.5 Å². The van der Waals surface area contributed by atoms with E-state index in [4.69, 9.17) is 9.47 Å². The maximum Gasteiger partial charge on any atom is 0.337 e. The molecule has 0 aromatic carbocycles. The fourth-order valence-electron chi connectivity index (χ4n) is 1.02. The first-order valence-electron chi connectivity index (χ1n) is 4.05. The van der Waals surface area contributed by atoms with Crippen LogP contribution < -0.4 is 0 Å². The van der Waals surface area contributed by atoms with Crippen molar-refractivity contribution in [2.45, 2.75) is 6.92 Å². The summed E-state index contributed by atoms with van der Waals surface area (Å²) in [6, 6.07) is 0. The van der Waals surface area contributed by atoms with Crippen molar-refractivity contribution in [2.75, 3.05) is 19.8 Å². The number of carbonyl (C=O) groups excluding carboxylic acids is 1. The normalized spacial score (nSPS) is 15.0. The minimum absolute atomic E-state index is 0.312. The van der Waals surface area contributed by atoms with Gasteiger partial charge in [-0.05, 0) is 21.1 Å². The summed E-state index contributed by atoms with van der Waals surface area (Å²) in [5.74, 6) is 2.57. The van der Waals surface area contributed by atoms with Gasteiger partial charge in [-0.25, -0.2) is 4.79 Å². The zero-order valence-corrected chi connectivity index (χ0v) is 10.6. The summed E-state index contributed by atoms with van der Waals surface area (Å²) >= 11 is 2.08. The highest BCUT2D eigenvalue weighted by atomic mass is 127. The van der Waals surface area contributed by atoms with Gasteiger partial charge in [0, 0.05) is 26.8 Å². The highest BCUT2D eigenvalue weighted by Crippen LogP contribution is 2.16. The molecular weight excluding hydrogens is 315 g/mol. The third-order valence-electron chi connectivity index (χ3n) is 1.62. The molecule has 1 aliphatic rings. The second kappa shape index (κ2) is 6.32. The monoisotopic (exact) mass is 324 g/mol. The summed E-state index contributed by atoms with van der Waals surface area (Å²) in [5, 5.41) is 2.82. The summed E-state index contributed by atoms with van der Waals surface area (Å²) in [7, 11) is 1.38. The molecular formula is C9H9IO3S. The molecule has 0 atom stereocenters. The van der Waals surface area contributed by atoms with Crippen molar-refractivity contribution in [1.82, 2.24) is 0 Å². The number of esters is 1. The molecule has 3 nitrogen and oxygen atoms in total. The van der Waals surface area contributed by atoms with Crippen LogP contribution in [0, 0.1) is 11.2 Å². The number of halogens is 1. The molecule has 0 aromatic heterocycles. The van der Waals surface area contributed by atoms with Crippen LogP contribution in [-0.4, -0.2) is 25.8 Å². The van der Waals surface area contributed by atoms with E-state index in [-0.39, 0.29) is 5.97 Å². The van der Waals surface area contributed by atoms with E-state index in [1.807, 2.05) is 0 Å². The van der Waals surface area contributed by atoms with Gasteiger partial charge in [-0.3, -0.25) is 0 Å². The average Bonchev–Trinajstić information content (AvgIpc) is 2.63. The van der Waals surface area contributed by atoms with E-state index in [9.17, 15) is 4.79 Å². The fraction of sp³-hybridized carbons (Fsp3) is 0.444. The van der Waals surface area contributed by atoms with Crippen LogP contribution in [0.25, 0.3) is 0 Å². The van der Waals surface area contributed by atoms with Gasteiger partial charge in [0.05, 0.1) is 25.4 Å². The summed E-state index contributed by atoms with van der Waals surface area (Å²) in [5.41, 5.74) is 1.30. The predicted octanol–water partition coefficient (Wildman–Crippen LogP) is 1.92. The summed E-state index contributed by atoms with van der Waals surface area (Å²) in [6.07, 6.45) is 0. The minimum Gasteiger partial charge on any atom is -0.463 e. The van der Waals surface area contributed by atoms with Gasteiger partial charge in [0.25, 0.3) is 0 Å². The molecule has 14 heavy (non-hydrogen) atoms. The van der Waals surface area contributed by atoms with Crippen molar-refractivity contribution >= 4 is 36.1 Å². The summed E-state index contributed by atoms with van der Waals surface area (Å²) < 4.78 is 10.0. The Morgan fingerprint density at radius 2 is 2.50 bits per heavy atom. The quantitative estimate of drug-likeness (QED) is 0.442. The van der Waals surface area contributed by atoms with Crippen LogP contribution in [-0.2, 0) is 14.3 Å². The molecule has 1 aliphatic heterocycles. The molecule has 0 fully saturated rings. The Kier molecular flexibility index (Phi) is 5.37. The minimum atomic E-state index is -0.312. The third kappa shape index (κ3) is 3.19. The lowest BCUT2D eigenvalue weighted by Crippen LogP contribution is -2.09. The van der Waals surface area contributed by atoms with E-state index in [0.717, 1.165) is 5.57 Å². The third-order valence-corrected chi connectivity index (χ3v) is 2.46. The standard InChI is InChI=1S/C9H9IO3S/c1-2-13-9(11)8-6-12-5-7(8)3-4-14-10/h2,5-6H2,1H3. The Balaban J connectivity index is 2.76. The van der Waals surface area contributed by atoms with Crippen molar-refractivity contribution in [2.24, 2.45) is 0 Å². The molecule has 0 unspecified atom stereocenters. The van der Waals surface area contributed by atoms with Gasteiger partial charge in [0.2, 0.25) is 0 Å². The molecule has 1 heterocycles. The lowest BCUT2D eigenvalue weighted by atomic mass is 10.2. The lowest BCUT2D eigenvalue weighted by Gasteiger charge is -2.00. The molecule has 0 spiro atoms. The van der Waals surface area contributed by atoms with Crippen molar-refractivity contribution in [3.63, 3.8) is 0 Å². The van der Waals surface area contributed by atoms with Crippen molar-refractivity contribution < 1.29 is 14.3 Å². The Morgan fingerprint density at radius 1 is 1.71 bits per heavy atom. The molecule has 0 N–H and O–H groups in total. The van der Waals surface area contributed by atoms with Gasteiger partial charge in [-0.1, -0.05) is 5.92 Å². The Labute approximate surface area is 99.2 Å². The second-order valence-corrected chi connectivity index (χ2v) is 4.15. The highest BCUT2D eigenvalue weighted by Gasteiger charge is 2.21. The lowest BCUT2D eigenvalue weighted by molar-refractivity contribution is -0.138. The van der Waals surface area contributed by atoms with Crippen LogP contribution in [0.15, 0.2) is 11.1 Å². The van der Waals surface area contributed by atoms with E-state index in [0.29, 0.717) is 25.4 Å². The fourth-order valence-corrected chi connectivity index (χ4v) is 1.51. The maximum absolute atomic E-state index is 11.4. The van der Waals surface area contributed by atoms with Crippen LogP contribution in [0.3, 0.4) is 0 Å². The van der Waals surface area contributed by atoms with Gasteiger partial charge in [0.1, 0.15) is 0 Å². The number of hydrogen-bond acceptors (Lipinski definition) is 4. The highest BCUT2D eigenvalue weighted by molar-refractivity contribution is 14.2. The molecule has 0 saturated carbocycles. The van der Waals surface area contributed by atoms with Crippen LogP contribution in [0.2, 0.25) is 0 Å². The average molecular weight is 324 g/mol. The SMILES string of the molecule is CCOC(=O)C1=C(C#CSI)COC1. The van der Waals surface area contributed by atoms with Crippen LogP contribution in [0.1, 0.15) is 6.92 Å². The molecule has 76 valence electrons. The zero-order chi connectivity index (χ0) is 10.4. The van der Waals surface area contributed by atoms with Gasteiger partial charge in [-0.2, -0.15) is 0 Å². The molecule has 1 rings (SSSR count). The van der Waals surface area contributed by atoms with Crippen LogP contribution in [0.5, 0.6) is 0 Å². The Hall–Kier alpha value is -0.190. The first-order valence-corrected chi connectivity index (χ1v) is 7.41. The van der Waals surface area contributed by atoms with Gasteiger partial charge in [0.15, 0.2) is 0 Å². The number of carbonyl (C=O) groups is 1.